The van der Waals surface area contributed by atoms with Crippen LogP contribution in [0.1, 0.15) is 35.7 Å². The first-order valence-electron chi connectivity index (χ1n) is 11.6. The Labute approximate surface area is 223 Å². The van der Waals surface area contributed by atoms with Crippen molar-refractivity contribution in [2.24, 2.45) is 5.41 Å². The lowest BCUT2D eigenvalue weighted by atomic mass is 9.71. The van der Waals surface area contributed by atoms with E-state index in [9.17, 15) is 9.59 Å². The van der Waals surface area contributed by atoms with Crippen LogP contribution >= 0.6 is 15.9 Å². The van der Waals surface area contributed by atoms with Gasteiger partial charge in [0.2, 0.25) is 0 Å². The first kappa shape index (κ1) is 26.7. The first-order chi connectivity index (χ1) is 17.9. The smallest absolute Gasteiger partial charge is 0.330 e. The van der Waals surface area contributed by atoms with Crippen LogP contribution in [0.5, 0.6) is 0 Å². The molecule has 0 N–H and O–H groups in total. The van der Waals surface area contributed by atoms with Crippen LogP contribution in [0, 0.1) is 5.41 Å². The number of furan rings is 1. The summed E-state index contributed by atoms with van der Waals surface area (Å²) in [5, 5.41) is 1.65. The molecule has 0 saturated carbocycles. The summed E-state index contributed by atoms with van der Waals surface area (Å²) in [6.45, 7) is 0.230. The van der Waals surface area contributed by atoms with Gasteiger partial charge in [-0.3, -0.25) is 9.63 Å². The minimum Gasteiger partial charge on any atom is -0.468 e. The monoisotopic (exact) mass is 569 g/mol. The van der Waals surface area contributed by atoms with Crippen molar-refractivity contribution in [1.82, 2.24) is 0 Å². The molecule has 0 unspecified atom stereocenters. The summed E-state index contributed by atoms with van der Waals surface area (Å²) in [6.07, 6.45) is 2.39. The maximum atomic E-state index is 13.8. The maximum Gasteiger partial charge on any atom is 0.330 e. The molecule has 0 aliphatic carbocycles. The van der Waals surface area contributed by atoms with E-state index < -0.39 is 29.5 Å². The van der Waals surface area contributed by atoms with Gasteiger partial charge in [0.25, 0.3) is 0 Å². The van der Waals surface area contributed by atoms with Crippen molar-refractivity contribution in [1.29, 1.82) is 0 Å². The fourth-order valence-corrected chi connectivity index (χ4v) is 5.12. The van der Waals surface area contributed by atoms with Crippen molar-refractivity contribution in [3.05, 3.63) is 100 Å². The van der Waals surface area contributed by atoms with Crippen LogP contribution in [0.4, 0.5) is 5.69 Å². The van der Waals surface area contributed by atoms with Crippen LogP contribution in [0.15, 0.2) is 87.8 Å². The number of methoxy groups -OCH3 is 3. The number of hydrogen-bond donors (Lipinski definition) is 0. The zero-order valence-corrected chi connectivity index (χ0v) is 22.3. The summed E-state index contributed by atoms with van der Waals surface area (Å²) in [4.78, 5) is 32.6. The molecule has 0 bridgehead atoms. The summed E-state index contributed by atoms with van der Waals surface area (Å²) in [5.41, 5.74) is 0.132. The van der Waals surface area contributed by atoms with Gasteiger partial charge in [0.05, 0.1) is 24.4 Å². The van der Waals surface area contributed by atoms with Crippen molar-refractivity contribution >= 4 is 33.6 Å². The third kappa shape index (κ3) is 5.49. The zero-order chi connectivity index (χ0) is 26.4. The number of hydroxylamine groups is 1. The number of carbonyl (C=O) groups excluding carboxylic acids is 2. The molecular weight excluding hydrogens is 542 g/mol. The molecule has 0 amide bonds. The minimum atomic E-state index is -1.41. The van der Waals surface area contributed by atoms with Crippen LogP contribution in [0.3, 0.4) is 0 Å². The quantitative estimate of drug-likeness (QED) is 0.252. The number of esters is 2. The molecule has 1 saturated heterocycles. The predicted molar refractivity (Wildman–Crippen MR) is 139 cm³/mol. The average Bonchev–Trinajstić information content (AvgIpc) is 3.30. The molecule has 3 aromatic rings. The number of carbonyl (C=O) groups is 2. The molecule has 0 spiro atoms. The van der Waals surface area contributed by atoms with Gasteiger partial charge in [-0.1, -0.05) is 54.6 Å². The second-order valence-corrected chi connectivity index (χ2v) is 9.37. The average molecular weight is 570 g/mol. The highest BCUT2D eigenvalue weighted by atomic mass is 79.9. The predicted octanol–water partition coefficient (Wildman–Crippen LogP) is 5.70. The Morgan fingerprint density at radius 2 is 1.73 bits per heavy atom. The Morgan fingerprint density at radius 1 is 1.05 bits per heavy atom. The number of anilines is 1. The highest BCUT2D eigenvalue weighted by molar-refractivity contribution is 9.10. The summed E-state index contributed by atoms with van der Waals surface area (Å²) in [5.74, 6) is -0.186. The Morgan fingerprint density at radius 3 is 2.35 bits per heavy atom. The normalized spacial score (nSPS) is 21.7. The van der Waals surface area contributed by atoms with Crippen LogP contribution < -0.4 is 5.06 Å². The molecule has 1 fully saturated rings. The van der Waals surface area contributed by atoms with Crippen molar-refractivity contribution in [3.8, 4) is 0 Å². The van der Waals surface area contributed by atoms with Gasteiger partial charge in [0.15, 0.2) is 0 Å². The Hall–Kier alpha value is -3.40. The number of ether oxygens (including phenoxy) is 3. The molecule has 194 valence electrons. The van der Waals surface area contributed by atoms with Gasteiger partial charge in [-0.05, 0) is 39.7 Å². The van der Waals surface area contributed by atoms with E-state index in [4.69, 9.17) is 23.5 Å². The third-order valence-electron chi connectivity index (χ3n) is 6.25. The number of halogens is 1. The molecule has 0 radical (unpaired) electrons. The lowest BCUT2D eigenvalue weighted by Crippen LogP contribution is -2.51. The highest BCUT2D eigenvalue weighted by Crippen LogP contribution is 2.55. The van der Waals surface area contributed by atoms with E-state index in [1.165, 1.54) is 26.4 Å². The van der Waals surface area contributed by atoms with Crippen molar-refractivity contribution in [2.45, 2.75) is 25.2 Å². The van der Waals surface area contributed by atoms with E-state index in [1.54, 1.807) is 18.2 Å². The largest absolute Gasteiger partial charge is 0.468 e. The molecule has 2 heterocycles. The highest BCUT2D eigenvalue weighted by Gasteiger charge is 2.56. The number of nitrogens with zero attached hydrogens (tertiary/aromatic N) is 1. The molecule has 1 aliphatic rings. The number of rotatable bonds is 8. The van der Waals surface area contributed by atoms with Crippen LogP contribution in [-0.2, 0) is 35.2 Å². The van der Waals surface area contributed by atoms with E-state index in [2.05, 4.69) is 15.9 Å². The number of benzene rings is 2. The summed E-state index contributed by atoms with van der Waals surface area (Å²) in [7, 11) is 4.17. The third-order valence-corrected chi connectivity index (χ3v) is 6.87. The second-order valence-electron chi connectivity index (χ2n) is 8.52. The number of hydrogen-bond acceptors (Lipinski definition) is 8. The number of para-hydroxylation sites is 1. The summed E-state index contributed by atoms with van der Waals surface area (Å²) < 4.78 is 22.3. The Bertz CT molecular complexity index is 1240. The van der Waals surface area contributed by atoms with Crippen molar-refractivity contribution in [3.63, 3.8) is 0 Å². The Balaban J connectivity index is 1.98. The Kier molecular flexibility index (Phi) is 8.48. The molecule has 3 atom stereocenters. The van der Waals surface area contributed by atoms with Gasteiger partial charge in [0.1, 0.15) is 35.7 Å². The van der Waals surface area contributed by atoms with E-state index >= 15 is 0 Å². The van der Waals surface area contributed by atoms with Gasteiger partial charge in [-0.2, -0.15) is 0 Å². The topological polar surface area (TPSA) is 87.4 Å². The minimum absolute atomic E-state index is 0.165. The first-order valence-corrected chi connectivity index (χ1v) is 12.4. The van der Waals surface area contributed by atoms with E-state index in [0.29, 0.717) is 21.7 Å². The molecule has 9 heteroatoms. The molecule has 8 nitrogen and oxygen atoms in total. The van der Waals surface area contributed by atoms with E-state index in [0.717, 1.165) is 5.56 Å². The van der Waals surface area contributed by atoms with Crippen molar-refractivity contribution < 1.29 is 33.1 Å². The SMILES string of the molecule is COCc1cc(Br)c([C@@H]2N(c3ccccc3)O[C@H](c3ccccc3)C[C@@]2(/C=C/C(=O)OC)C(=O)OC)o1. The van der Waals surface area contributed by atoms with Crippen molar-refractivity contribution in [2.75, 3.05) is 26.4 Å². The fourth-order valence-electron chi connectivity index (χ4n) is 4.56. The van der Waals surface area contributed by atoms with Gasteiger partial charge in [0, 0.05) is 19.6 Å². The fraction of sp³-hybridized carbons (Fsp3) is 0.286. The van der Waals surface area contributed by atoms with Gasteiger partial charge >= 0.3 is 11.9 Å². The van der Waals surface area contributed by atoms with E-state index in [1.807, 2.05) is 60.7 Å². The summed E-state index contributed by atoms with van der Waals surface area (Å²) >= 11 is 3.60. The molecule has 2 aromatic carbocycles. The molecule has 37 heavy (non-hydrogen) atoms. The van der Waals surface area contributed by atoms with Gasteiger partial charge in [-0.15, -0.1) is 0 Å². The molecule has 1 aliphatic heterocycles. The molecule has 1 aromatic heterocycles. The van der Waals surface area contributed by atoms with Crippen LogP contribution in [0.25, 0.3) is 0 Å². The maximum absolute atomic E-state index is 13.8. The zero-order valence-electron chi connectivity index (χ0n) is 20.8. The lowest BCUT2D eigenvalue weighted by molar-refractivity contribution is -0.164. The summed E-state index contributed by atoms with van der Waals surface area (Å²) in [6, 6.07) is 19.9. The molecule has 4 rings (SSSR count). The van der Waals surface area contributed by atoms with Gasteiger partial charge in [-0.25, -0.2) is 9.86 Å². The van der Waals surface area contributed by atoms with E-state index in [-0.39, 0.29) is 13.0 Å². The van der Waals surface area contributed by atoms with Crippen LogP contribution in [-0.4, -0.2) is 33.3 Å². The second kappa shape index (κ2) is 11.8. The van der Waals surface area contributed by atoms with Gasteiger partial charge < -0.3 is 18.6 Å². The lowest BCUT2D eigenvalue weighted by Gasteiger charge is -2.49. The molecular formula is C28H28BrNO7. The van der Waals surface area contributed by atoms with Crippen LogP contribution in [0.2, 0.25) is 0 Å². The standard InChI is InChI=1S/C28H28BrNO7/c1-33-18-21-16-22(29)25(36-21)26-28(27(32)35-3,15-14-24(31)34-2)17-23(19-10-6-4-7-11-19)37-30(26)20-12-8-5-9-13-20/h4-16,23,26H,17-18H2,1-3H3/b15-14+/t23-,26-,28+/m0/s1.